The van der Waals surface area contributed by atoms with Gasteiger partial charge in [0.1, 0.15) is 0 Å². The molecule has 0 radical (unpaired) electrons. The molecular weight excluding hydrogens is 342 g/mol. The van der Waals surface area contributed by atoms with Gasteiger partial charge in [0.25, 0.3) is 5.91 Å². The number of carboxylic acid groups (broad SMARTS) is 1. The minimum absolute atomic E-state index is 0.302. The van der Waals surface area contributed by atoms with Crippen molar-refractivity contribution in [2.24, 2.45) is 5.92 Å². The maximum absolute atomic E-state index is 12.8. The number of benzene rings is 1. The predicted octanol–water partition coefficient (Wildman–Crippen LogP) is 3.61. The van der Waals surface area contributed by atoms with Crippen LogP contribution in [0.15, 0.2) is 36.5 Å². The average Bonchev–Trinajstić information content (AvgIpc) is 2.64. The van der Waals surface area contributed by atoms with E-state index >= 15 is 0 Å². The van der Waals surface area contributed by atoms with Crippen molar-refractivity contribution < 1.29 is 14.7 Å². The number of rotatable bonds is 4. The molecule has 1 saturated carbocycles. The van der Waals surface area contributed by atoms with Gasteiger partial charge in [0.05, 0.1) is 17.2 Å². The van der Waals surface area contributed by atoms with Crippen LogP contribution in [0.1, 0.15) is 54.6 Å². The van der Waals surface area contributed by atoms with Crippen LogP contribution in [-0.2, 0) is 4.79 Å². The highest BCUT2D eigenvalue weighted by Crippen LogP contribution is 2.24. The minimum Gasteiger partial charge on any atom is -0.481 e. The van der Waals surface area contributed by atoms with Crippen LogP contribution in [0.2, 0.25) is 0 Å². The molecule has 0 spiro atoms. The lowest BCUT2D eigenvalue weighted by atomic mass is 9.86. The molecule has 3 rings (SSSR count). The molecule has 0 aliphatic heterocycles. The van der Waals surface area contributed by atoms with Gasteiger partial charge in [0.2, 0.25) is 0 Å². The zero-order chi connectivity index (χ0) is 19.2. The molecule has 2 atom stereocenters. The van der Waals surface area contributed by atoms with Crippen LogP contribution in [0.4, 0.5) is 0 Å². The van der Waals surface area contributed by atoms with Crippen LogP contribution in [0.25, 0.3) is 11.4 Å². The predicted molar refractivity (Wildman–Crippen MR) is 102 cm³/mol. The normalized spacial score (nSPS) is 20.3. The Bertz CT molecular complexity index is 808. The van der Waals surface area contributed by atoms with Crippen molar-refractivity contribution >= 4 is 11.9 Å². The molecule has 142 valence electrons. The fourth-order valence-corrected chi connectivity index (χ4v) is 3.62. The van der Waals surface area contributed by atoms with Crippen molar-refractivity contribution in [2.75, 3.05) is 0 Å². The number of carbonyl (C=O) groups excluding carboxylic acids is 1. The topological polar surface area (TPSA) is 92.2 Å². The SMILES string of the molecule is Cc1nc(-c2ccccc2)ncc1C(=O)NC1CCCCCCC1C(=O)O. The molecule has 0 bridgehead atoms. The molecule has 1 amide bonds. The fraction of sp³-hybridized carbons (Fsp3) is 0.429. The summed E-state index contributed by atoms with van der Waals surface area (Å²) in [4.78, 5) is 33.2. The Kier molecular flexibility index (Phi) is 6.16. The van der Waals surface area contributed by atoms with Crippen LogP contribution in [0, 0.1) is 12.8 Å². The second kappa shape index (κ2) is 8.75. The van der Waals surface area contributed by atoms with Gasteiger partial charge in [-0.15, -0.1) is 0 Å². The Labute approximate surface area is 159 Å². The zero-order valence-corrected chi connectivity index (χ0v) is 15.5. The van der Waals surface area contributed by atoms with Gasteiger partial charge >= 0.3 is 5.97 Å². The number of nitrogens with zero attached hydrogens (tertiary/aromatic N) is 2. The Balaban J connectivity index is 1.77. The number of carbonyl (C=O) groups is 2. The maximum Gasteiger partial charge on any atom is 0.308 e. The summed E-state index contributed by atoms with van der Waals surface area (Å²) >= 11 is 0. The highest BCUT2D eigenvalue weighted by molar-refractivity contribution is 5.95. The summed E-state index contributed by atoms with van der Waals surface area (Å²) in [7, 11) is 0. The second-order valence-corrected chi connectivity index (χ2v) is 7.07. The first-order chi connectivity index (χ1) is 13.1. The smallest absolute Gasteiger partial charge is 0.308 e. The molecule has 2 unspecified atom stereocenters. The van der Waals surface area contributed by atoms with Gasteiger partial charge in [-0.25, -0.2) is 9.97 Å². The van der Waals surface area contributed by atoms with Crippen molar-refractivity contribution in [3.8, 4) is 11.4 Å². The van der Waals surface area contributed by atoms with Gasteiger partial charge in [0, 0.05) is 17.8 Å². The number of hydrogen-bond acceptors (Lipinski definition) is 4. The molecule has 2 N–H and O–H groups in total. The van der Waals surface area contributed by atoms with Crippen LogP contribution in [-0.4, -0.2) is 33.0 Å². The molecule has 1 aromatic carbocycles. The largest absolute Gasteiger partial charge is 0.481 e. The first kappa shape index (κ1) is 19.0. The first-order valence-corrected chi connectivity index (χ1v) is 9.49. The Morgan fingerprint density at radius 1 is 1.07 bits per heavy atom. The monoisotopic (exact) mass is 367 g/mol. The van der Waals surface area contributed by atoms with Gasteiger partial charge < -0.3 is 10.4 Å². The van der Waals surface area contributed by atoms with Crippen molar-refractivity contribution in [3.63, 3.8) is 0 Å². The summed E-state index contributed by atoms with van der Waals surface area (Å²) in [5, 5.41) is 12.5. The summed E-state index contributed by atoms with van der Waals surface area (Å²) in [6.45, 7) is 1.77. The summed E-state index contributed by atoms with van der Waals surface area (Å²) in [5.74, 6) is -1.11. The lowest BCUT2D eigenvalue weighted by Gasteiger charge is -2.27. The van der Waals surface area contributed by atoms with E-state index < -0.39 is 11.9 Å². The standard InChI is InChI=1S/C21H25N3O3/c1-14-17(13-22-19(23-14)15-9-5-4-6-10-15)20(25)24-18-12-8-3-2-7-11-16(18)21(26)27/h4-6,9-10,13,16,18H,2-3,7-8,11-12H2,1H3,(H,24,25)(H,26,27). The molecule has 0 saturated heterocycles. The van der Waals surface area contributed by atoms with Crippen molar-refractivity contribution in [1.82, 2.24) is 15.3 Å². The van der Waals surface area contributed by atoms with Crippen LogP contribution >= 0.6 is 0 Å². The van der Waals surface area contributed by atoms with E-state index in [1.807, 2.05) is 30.3 Å². The van der Waals surface area contributed by atoms with Crippen molar-refractivity contribution in [2.45, 2.75) is 51.5 Å². The number of nitrogens with one attached hydrogen (secondary N) is 1. The quantitative estimate of drug-likeness (QED) is 0.861. The molecule has 1 aliphatic carbocycles. The summed E-state index contributed by atoms with van der Waals surface area (Å²) in [6, 6.07) is 9.22. The number of hydrogen-bond donors (Lipinski definition) is 2. The third-order valence-electron chi connectivity index (χ3n) is 5.16. The minimum atomic E-state index is -0.838. The molecule has 1 aromatic heterocycles. The highest BCUT2D eigenvalue weighted by Gasteiger charge is 2.30. The lowest BCUT2D eigenvalue weighted by Crippen LogP contribution is -2.44. The fourth-order valence-electron chi connectivity index (χ4n) is 3.62. The number of aromatic nitrogens is 2. The van der Waals surface area contributed by atoms with Crippen LogP contribution in [0.5, 0.6) is 0 Å². The molecule has 6 nitrogen and oxygen atoms in total. The molecule has 1 aliphatic rings. The lowest BCUT2D eigenvalue weighted by molar-refractivity contribution is -0.143. The zero-order valence-electron chi connectivity index (χ0n) is 15.5. The molecule has 1 fully saturated rings. The molecular formula is C21H25N3O3. The Morgan fingerprint density at radius 3 is 2.44 bits per heavy atom. The molecule has 1 heterocycles. The average molecular weight is 367 g/mol. The number of aryl methyl sites for hydroxylation is 1. The summed E-state index contributed by atoms with van der Waals surface area (Å²) in [5.41, 5.74) is 1.86. The molecule has 27 heavy (non-hydrogen) atoms. The third kappa shape index (κ3) is 4.70. The van der Waals surface area contributed by atoms with E-state index in [1.54, 1.807) is 6.92 Å². The van der Waals surface area contributed by atoms with E-state index in [9.17, 15) is 14.7 Å². The second-order valence-electron chi connectivity index (χ2n) is 7.07. The van der Waals surface area contributed by atoms with E-state index in [4.69, 9.17) is 0 Å². The van der Waals surface area contributed by atoms with Gasteiger partial charge in [-0.2, -0.15) is 0 Å². The molecule has 6 heteroatoms. The summed E-state index contributed by atoms with van der Waals surface area (Å²) < 4.78 is 0. The number of carboxylic acids is 1. The molecule has 2 aromatic rings. The van der Waals surface area contributed by atoms with Crippen LogP contribution in [0.3, 0.4) is 0 Å². The van der Waals surface area contributed by atoms with Gasteiger partial charge in [-0.05, 0) is 19.8 Å². The first-order valence-electron chi connectivity index (χ1n) is 9.49. The Hall–Kier alpha value is -2.76. The van der Waals surface area contributed by atoms with Gasteiger partial charge in [-0.3, -0.25) is 9.59 Å². The van der Waals surface area contributed by atoms with Crippen LogP contribution < -0.4 is 5.32 Å². The number of aliphatic carboxylic acids is 1. The Morgan fingerprint density at radius 2 is 1.78 bits per heavy atom. The van der Waals surface area contributed by atoms with E-state index in [-0.39, 0.29) is 11.9 Å². The number of amides is 1. The van der Waals surface area contributed by atoms with E-state index in [1.165, 1.54) is 6.20 Å². The van der Waals surface area contributed by atoms with E-state index in [2.05, 4.69) is 15.3 Å². The van der Waals surface area contributed by atoms with Crippen molar-refractivity contribution in [1.29, 1.82) is 0 Å². The van der Waals surface area contributed by atoms with Gasteiger partial charge in [0.15, 0.2) is 5.82 Å². The van der Waals surface area contributed by atoms with Crippen molar-refractivity contribution in [3.05, 3.63) is 47.8 Å². The summed E-state index contributed by atoms with van der Waals surface area (Å²) in [6.07, 6.45) is 6.76. The van der Waals surface area contributed by atoms with Gasteiger partial charge in [-0.1, -0.05) is 56.0 Å². The third-order valence-corrected chi connectivity index (χ3v) is 5.16. The van der Waals surface area contributed by atoms with E-state index in [0.29, 0.717) is 29.9 Å². The highest BCUT2D eigenvalue weighted by atomic mass is 16.4. The van der Waals surface area contributed by atoms with E-state index in [0.717, 1.165) is 31.2 Å². The maximum atomic E-state index is 12.8.